The van der Waals surface area contributed by atoms with E-state index in [0.29, 0.717) is 38.0 Å². The van der Waals surface area contributed by atoms with Crippen LogP contribution in [0.3, 0.4) is 0 Å². The van der Waals surface area contributed by atoms with Crippen molar-refractivity contribution in [3.8, 4) is 5.75 Å². The zero-order chi connectivity index (χ0) is 18.2. The molecule has 0 N–H and O–H groups in total. The van der Waals surface area contributed by atoms with Gasteiger partial charge in [0.2, 0.25) is 0 Å². The first-order valence-electron chi connectivity index (χ1n) is 8.11. The van der Waals surface area contributed by atoms with Crippen molar-refractivity contribution in [3.05, 3.63) is 57.0 Å². The third-order valence-corrected chi connectivity index (χ3v) is 4.07. The number of ether oxygens (including phenoxy) is 2. The Labute approximate surface area is 161 Å². The van der Waals surface area contributed by atoms with Crippen LogP contribution in [0.5, 0.6) is 5.75 Å². The summed E-state index contributed by atoms with van der Waals surface area (Å²) in [5.41, 5.74) is 1.75. The topological polar surface area (TPSA) is 53.4 Å². The van der Waals surface area contributed by atoms with E-state index in [9.17, 15) is 4.79 Å². The molecule has 5 nitrogen and oxygen atoms in total. The van der Waals surface area contributed by atoms with Crippen LogP contribution in [0.1, 0.15) is 25.0 Å². The Kier molecular flexibility index (Phi) is 7.93. The van der Waals surface area contributed by atoms with Gasteiger partial charge in [-0.3, -0.25) is 4.79 Å². The molecule has 0 radical (unpaired) electrons. The molecule has 0 saturated carbocycles. The molecule has 0 fully saturated rings. The number of hydrogen-bond acceptors (Lipinski definition) is 4. The van der Waals surface area contributed by atoms with E-state index in [0.717, 1.165) is 16.5 Å². The van der Waals surface area contributed by atoms with Crippen LogP contribution in [-0.2, 0) is 24.5 Å². The Morgan fingerprint density at radius 2 is 1.84 bits per heavy atom. The van der Waals surface area contributed by atoms with Crippen LogP contribution in [0.2, 0.25) is 5.02 Å². The van der Waals surface area contributed by atoms with E-state index in [1.807, 2.05) is 38.1 Å². The summed E-state index contributed by atoms with van der Waals surface area (Å²) in [6, 6.07) is 7.92. The van der Waals surface area contributed by atoms with Gasteiger partial charge in [-0.25, -0.2) is 4.68 Å². The van der Waals surface area contributed by atoms with E-state index < -0.39 is 0 Å². The van der Waals surface area contributed by atoms with Crippen LogP contribution in [0.4, 0.5) is 0 Å². The summed E-state index contributed by atoms with van der Waals surface area (Å²) in [5, 5.41) is 5.01. The summed E-state index contributed by atoms with van der Waals surface area (Å²) in [6.45, 7) is 6.13. The molecule has 0 aliphatic rings. The SMILES string of the molecule is CC(C)Cn1ncc(OCc2ccc(COCCBr)cc2)c(Cl)c1=O. The second-order valence-electron chi connectivity index (χ2n) is 6.05. The van der Waals surface area contributed by atoms with E-state index >= 15 is 0 Å². The van der Waals surface area contributed by atoms with Gasteiger partial charge in [-0.2, -0.15) is 5.10 Å². The molecule has 7 heteroatoms. The normalized spacial score (nSPS) is 11.1. The van der Waals surface area contributed by atoms with Crippen molar-refractivity contribution in [2.24, 2.45) is 5.92 Å². The second kappa shape index (κ2) is 9.94. The van der Waals surface area contributed by atoms with Gasteiger partial charge in [-0.1, -0.05) is 65.6 Å². The van der Waals surface area contributed by atoms with Gasteiger partial charge >= 0.3 is 0 Å². The Morgan fingerprint density at radius 1 is 1.20 bits per heavy atom. The smallest absolute Gasteiger partial charge is 0.289 e. The molecular formula is C18H22BrClN2O3. The summed E-state index contributed by atoms with van der Waals surface area (Å²) in [7, 11) is 0. The van der Waals surface area contributed by atoms with Crippen LogP contribution in [0, 0.1) is 5.92 Å². The predicted molar refractivity (Wildman–Crippen MR) is 103 cm³/mol. The first kappa shape index (κ1) is 19.9. The van der Waals surface area contributed by atoms with Crippen LogP contribution in [0.25, 0.3) is 0 Å². The van der Waals surface area contributed by atoms with Crippen molar-refractivity contribution < 1.29 is 9.47 Å². The maximum Gasteiger partial charge on any atom is 0.289 e. The van der Waals surface area contributed by atoms with Crippen LogP contribution in [-0.4, -0.2) is 21.7 Å². The van der Waals surface area contributed by atoms with Crippen LogP contribution >= 0.6 is 27.5 Å². The lowest BCUT2D eigenvalue weighted by atomic mass is 10.1. The fourth-order valence-corrected chi connectivity index (χ4v) is 2.59. The van der Waals surface area contributed by atoms with E-state index in [-0.39, 0.29) is 10.6 Å². The lowest BCUT2D eigenvalue weighted by molar-refractivity contribution is 0.137. The zero-order valence-corrected chi connectivity index (χ0v) is 16.7. The van der Waals surface area contributed by atoms with E-state index in [1.54, 1.807) is 0 Å². The van der Waals surface area contributed by atoms with Crippen LogP contribution < -0.4 is 10.3 Å². The maximum absolute atomic E-state index is 12.2. The highest BCUT2D eigenvalue weighted by Crippen LogP contribution is 2.20. The molecule has 136 valence electrons. The highest BCUT2D eigenvalue weighted by atomic mass is 79.9. The highest BCUT2D eigenvalue weighted by Gasteiger charge is 2.11. The molecule has 0 amide bonds. The Hall–Kier alpha value is -1.37. The second-order valence-corrected chi connectivity index (χ2v) is 7.22. The van der Waals surface area contributed by atoms with Crippen LogP contribution in [0.15, 0.2) is 35.3 Å². The van der Waals surface area contributed by atoms with E-state index in [2.05, 4.69) is 21.0 Å². The number of nitrogens with zero attached hydrogens (tertiary/aromatic N) is 2. The fourth-order valence-electron chi connectivity index (χ4n) is 2.16. The lowest BCUT2D eigenvalue weighted by Gasteiger charge is -2.11. The van der Waals surface area contributed by atoms with Gasteiger partial charge in [-0.15, -0.1) is 0 Å². The molecule has 1 heterocycles. The third kappa shape index (κ3) is 6.13. The molecule has 25 heavy (non-hydrogen) atoms. The number of benzene rings is 1. The molecule has 0 bridgehead atoms. The average molecular weight is 430 g/mol. The molecule has 0 aliphatic heterocycles. The molecule has 1 aromatic carbocycles. The van der Waals surface area contributed by atoms with E-state index in [1.165, 1.54) is 10.9 Å². The van der Waals surface area contributed by atoms with Gasteiger partial charge in [0, 0.05) is 11.9 Å². The minimum absolute atomic E-state index is 0.0652. The number of halogens is 2. The van der Waals surface area contributed by atoms with Gasteiger partial charge in [0.1, 0.15) is 6.61 Å². The summed E-state index contributed by atoms with van der Waals surface area (Å²) < 4.78 is 12.5. The molecule has 0 aliphatic carbocycles. The fraction of sp³-hybridized carbons (Fsp3) is 0.444. The molecule has 0 saturated heterocycles. The average Bonchev–Trinajstić information content (AvgIpc) is 2.59. The number of aromatic nitrogens is 2. The lowest BCUT2D eigenvalue weighted by Crippen LogP contribution is -2.25. The molecule has 2 aromatic rings. The Bertz CT molecular complexity index is 732. The van der Waals surface area contributed by atoms with Crippen molar-refractivity contribution in [2.45, 2.75) is 33.6 Å². The number of rotatable bonds is 9. The van der Waals surface area contributed by atoms with Crippen molar-refractivity contribution in [2.75, 3.05) is 11.9 Å². The predicted octanol–water partition coefficient (Wildman–Crippen LogP) is 4.04. The number of alkyl halides is 1. The molecular weight excluding hydrogens is 408 g/mol. The largest absolute Gasteiger partial charge is 0.485 e. The standard InChI is InChI=1S/C18H22BrClN2O3/c1-13(2)10-22-18(23)17(20)16(9-21-22)25-12-15-5-3-14(4-6-15)11-24-8-7-19/h3-6,9,13H,7-8,10-12H2,1-2H3. The van der Waals surface area contributed by atoms with Crippen molar-refractivity contribution in [1.29, 1.82) is 0 Å². The summed E-state index contributed by atoms with van der Waals surface area (Å²) in [5.74, 6) is 0.612. The monoisotopic (exact) mass is 428 g/mol. The molecule has 0 atom stereocenters. The molecule has 0 unspecified atom stereocenters. The first-order valence-corrected chi connectivity index (χ1v) is 9.61. The molecule has 1 aromatic heterocycles. The highest BCUT2D eigenvalue weighted by molar-refractivity contribution is 9.09. The Balaban J connectivity index is 1.97. The third-order valence-electron chi connectivity index (χ3n) is 3.40. The maximum atomic E-state index is 12.2. The minimum atomic E-state index is -0.327. The van der Waals surface area contributed by atoms with Crippen molar-refractivity contribution in [1.82, 2.24) is 9.78 Å². The van der Waals surface area contributed by atoms with Gasteiger partial charge in [-0.05, 0) is 17.0 Å². The van der Waals surface area contributed by atoms with Gasteiger partial charge in [0.25, 0.3) is 5.56 Å². The summed E-state index contributed by atoms with van der Waals surface area (Å²) in [6.07, 6.45) is 1.49. The quantitative estimate of drug-likeness (QED) is 0.446. The molecule has 0 spiro atoms. The Morgan fingerprint density at radius 3 is 2.44 bits per heavy atom. The van der Waals surface area contributed by atoms with Gasteiger partial charge in [0.05, 0.1) is 19.4 Å². The van der Waals surface area contributed by atoms with Crippen molar-refractivity contribution >= 4 is 27.5 Å². The zero-order valence-electron chi connectivity index (χ0n) is 14.4. The van der Waals surface area contributed by atoms with Gasteiger partial charge < -0.3 is 9.47 Å². The van der Waals surface area contributed by atoms with Gasteiger partial charge in [0.15, 0.2) is 10.8 Å². The van der Waals surface area contributed by atoms with Crippen molar-refractivity contribution in [3.63, 3.8) is 0 Å². The summed E-state index contributed by atoms with van der Waals surface area (Å²) >= 11 is 9.45. The minimum Gasteiger partial charge on any atom is -0.485 e. The first-order chi connectivity index (χ1) is 12.0. The summed E-state index contributed by atoms with van der Waals surface area (Å²) in [4.78, 5) is 12.2. The van der Waals surface area contributed by atoms with E-state index in [4.69, 9.17) is 21.1 Å². The number of hydrogen-bond donors (Lipinski definition) is 0. The molecule has 2 rings (SSSR count).